The molecule has 2 aliphatic heterocycles. The van der Waals surface area contributed by atoms with Crippen LogP contribution in [0.25, 0.3) is 0 Å². The topological polar surface area (TPSA) is 87.3 Å². The van der Waals surface area contributed by atoms with Crippen molar-refractivity contribution in [2.75, 3.05) is 0 Å². The molecule has 3 heterocycles. The van der Waals surface area contributed by atoms with Crippen molar-refractivity contribution in [2.45, 2.75) is 50.9 Å². The molecule has 36 heavy (non-hydrogen) atoms. The summed E-state index contributed by atoms with van der Waals surface area (Å²) in [4.78, 5) is 37.0. The summed E-state index contributed by atoms with van der Waals surface area (Å²) in [6.45, 7) is 6.85. The summed E-state index contributed by atoms with van der Waals surface area (Å²) in [6.07, 6.45) is 1.52. The number of amidine groups is 2. The average Bonchev–Trinajstić information content (AvgIpc) is 3.49. The normalized spacial score (nSPS) is 16.8. The summed E-state index contributed by atoms with van der Waals surface area (Å²) in [6, 6.07) is 19.0. The number of carbonyl (C=O) groups excluding carboxylic acids is 2. The molecule has 2 aromatic carbocycles. The number of rotatable bonds is 6. The summed E-state index contributed by atoms with van der Waals surface area (Å²) in [5.74, 6) is 1.38. The van der Waals surface area contributed by atoms with E-state index in [4.69, 9.17) is 9.41 Å². The van der Waals surface area contributed by atoms with Gasteiger partial charge in [-0.25, -0.2) is 9.89 Å². The lowest BCUT2D eigenvalue weighted by molar-refractivity contribution is -0.128. The van der Waals surface area contributed by atoms with Crippen LogP contribution in [-0.2, 0) is 27.3 Å². The molecular formula is C28H28N4O3S. The second kappa shape index (κ2) is 9.78. The van der Waals surface area contributed by atoms with Crippen LogP contribution in [0.4, 0.5) is 5.69 Å². The molecule has 1 aromatic heterocycles. The zero-order valence-electron chi connectivity index (χ0n) is 20.5. The number of benzene rings is 2. The van der Waals surface area contributed by atoms with E-state index in [0.717, 1.165) is 16.8 Å². The minimum absolute atomic E-state index is 0.0338. The van der Waals surface area contributed by atoms with E-state index in [1.165, 1.54) is 17.3 Å². The molecule has 2 amide bonds. The SMILES string of the molecule is CC(C)(C)c1ccc(CSC2=Nc3ccccc3C3=N[C@H](CC(=O)NCc4ccco4)C(=O)N23)cc1. The van der Waals surface area contributed by atoms with Crippen molar-refractivity contribution in [3.63, 3.8) is 0 Å². The maximum absolute atomic E-state index is 13.4. The number of furan rings is 1. The molecule has 184 valence electrons. The zero-order valence-corrected chi connectivity index (χ0v) is 21.3. The maximum atomic E-state index is 13.4. The molecule has 0 saturated heterocycles. The summed E-state index contributed by atoms with van der Waals surface area (Å²) >= 11 is 1.50. The minimum Gasteiger partial charge on any atom is -0.467 e. The van der Waals surface area contributed by atoms with Crippen molar-refractivity contribution in [1.82, 2.24) is 10.2 Å². The Kier molecular flexibility index (Phi) is 6.53. The van der Waals surface area contributed by atoms with Gasteiger partial charge in [0.1, 0.15) is 17.6 Å². The van der Waals surface area contributed by atoms with Crippen LogP contribution in [0.3, 0.4) is 0 Å². The summed E-state index contributed by atoms with van der Waals surface area (Å²) in [7, 11) is 0. The van der Waals surface area contributed by atoms with E-state index in [0.29, 0.717) is 22.5 Å². The van der Waals surface area contributed by atoms with Crippen molar-refractivity contribution >= 4 is 40.3 Å². The Morgan fingerprint density at radius 2 is 1.86 bits per heavy atom. The smallest absolute Gasteiger partial charge is 0.259 e. The van der Waals surface area contributed by atoms with Gasteiger partial charge in [-0.2, -0.15) is 0 Å². The lowest BCUT2D eigenvalue weighted by Crippen LogP contribution is -2.42. The van der Waals surface area contributed by atoms with E-state index in [1.807, 2.05) is 24.3 Å². The highest BCUT2D eigenvalue weighted by atomic mass is 32.2. The number of hydrogen-bond acceptors (Lipinski definition) is 6. The van der Waals surface area contributed by atoms with Crippen molar-refractivity contribution < 1.29 is 14.0 Å². The van der Waals surface area contributed by atoms with Crippen LogP contribution in [0, 0.1) is 0 Å². The third-order valence-electron chi connectivity index (χ3n) is 6.15. The molecule has 7 nitrogen and oxygen atoms in total. The van der Waals surface area contributed by atoms with Crippen LogP contribution in [-0.4, -0.2) is 33.8 Å². The van der Waals surface area contributed by atoms with Crippen LogP contribution in [0.1, 0.15) is 49.6 Å². The summed E-state index contributed by atoms with van der Waals surface area (Å²) in [5.41, 5.74) is 4.08. The second-order valence-electron chi connectivity index (χ2n) is 9.85. The van der Waals surface area contributed by atoms with Crippen molar-refractivity contribution in [3.05, 3.63) is 89.4 Å². The number of aliphatic imine (C=N–C) groups is 2. The first-order valence-corrected chi connectivity index (χ1v) is 12.9. The Bertz CT molecular complexity index is 1340. The predicted octanol–water partition coefficient (Wildman–Crippen LogP) is 5.18. The van der Waals surface area contributed by atoms with E-state index in [1.54, 1.807) is 23.3 Å². The Labute approximate surface area is 214 Å². The molecule has 1 atom stereocenters. The Morgan fingerprint density at radius 1 is 1.08 bits per heavy atom. The fourth-order valence-electron chi connectivity index (χ4n) is 4.13. The zero-order chi connectivity index (χ0) is 25.3. The van der Waals surface area contributed by atoms with Gasteiger partial charge < -0.3 is 9.73 Å². The number of fused-ring (bicyclic) bond motifs is 3. The highest BCUT2D eigenvalue weighted by Gasteiger charge is 2.42. The van der Waals surface area contributed by atoms with Crippen LogP contribution < -0.4 is 5.32 Å². The van der Waals surface area contributed by atoms with Crippen LogP contribution in [0.2, 0.25) is 0 Å². The lowest BCUT2D eigenvalue weighted by Gasteiger charge is -2.25. The Hall–Kier alpha value is -3.65. The number of carbonyl (C=O) groups is 2. The maximum Gasteiger partial charge on any atom is 0.259 e. The number of nitrogens with zero attached hydrogens (tertiary/aromatic N) is 3. The minimum atomic E-state index is -0.792. The van der Waals surface area contributed by atoms with Gasteiger partial charge in [-0.3, -0.25) is 14.6 Å². The van der Waals surface area contributed by atoms with Gasteiger partial charge in [-0.15, -0.1) is 0 Å². The Morgan fingerprint density at radius 3 is 2.58 bits per heavy atom. The molecule has 3 aromatic rings. The number of para-hydroxylation sites is 1. The molecule has 2 aliphatic rings. The van der Waals surface area contributed by atoms with Crippen molar-refractivity contribution in [2.24, 2.45) is 9.98 Å². The molecule has 0 fully saturated rings. The van der Waals surface area contributed by atoms with Gasteiger partial charge >= 0.3 is 0 Å². The number of amides is 2. The molecule has 0 spiro atoms. The third kappa shape index (κ3) is 4.99. The molecule has 0 unspecified atom stereocenters. The number of hydrogen-bond donors (Lipinski definition) is 1. The van der Waals surface area contributed by atoms with Crippen LogP contribution in [0.15, 0.2) is 81.3 Å². The van der Waals surface area contributed by atoms with E-state index in [-0.39, 0.29) is 30.2 Å². The van der Waals surface area contributed by atoms with Crippen LogP contribution >= 0.6 is 11.8 Å². The van der Waals surface area contributed by atoms with E-state index in [2.05, 4.69) is 55.3 Å². The number of nitrogens with one attached hydrogen (secondary N) is 1. The van der Waals surface area contributed by atoms with Gasteiger partial charge in [0.2, 0.25) is 5.91 Å². The summed E-state index contributed by atoms with van der Waals surface area (Å²) in [5, 5.41) is 3.38. The van der Waals surface area contributed by atoms with Gasteiger partial charge in [0, 0.05) is 11.3 Å². The number of thioether (sulfide) groups is 1. The highest BCUT2D eigenvalue weighted by molar-refractivity contribution is 8.13. The van der Waals surface area contributed by atoms with Gasteiger partial charge in [0.25, 0.3) is 5.91 Å². The molecular weight excluding hydrogens is 472 g/mol. The fourth-order valence-corrected chi connectivity index (χ4v) is 5.08. The van der Waals surface area contributed by atoms with Crippen LogP contribution in [0.5, 0.6) is 0 Å². The largest absolute Gasteiger partial charge is 0.467 e. The van der Waals surface area contributed by atoms with Gasteiger partial charge in [0.05, 0.1) is 24.9 Å². The molecule has 1 N–H and O–H groups in total. The first kappa shape index (κ1) is 24.1. The Balaban J connectivity index is 1.32. The van der Waals surface area contributed by atoms with Crippen molar-refractivity contribution in [1.29, 1.82) is 0 Å². The summed E-state index contributed by atoms with van der Waals surface area (Å²) < 4.78 is 5.26. The van der Waals surface area contributed by atoms with Gasteiger partial charge in [-0.05, 0) is 40.8 Å². The predicted molar refractivity (Wildman–Crippen MR) is 142 cm³/mol. The third-order valence-corrected chi connectivity index (χ3v) is 7.16. The van der Waals surface area contributed by atoms with E-state index in [9.17, 15) is 9.59 Å². The highest BCUT2D eigenvalue weighted by Crippen LogP contribution is 2.35. The van der Waals surface area contributed by atoms with E-state index >= 15 is 0 Å². The molecule has 0 saturated carbocycles. The first-order chi connectivity index (χ1) is 17.3. The second-order valence-corrected chi connectivity index (χ2v) is 10.8. The van der Waals surface area contributed by atoms with Crippen molar-refractivity contribution in [3.8, 4) is 0 Å². The molecule has 0 aliphatic carbocycles. The monoisotopic (exact) mass is 500 g/mol. The van der Waals surface area contributed by atoms with E-state index < -0.39 is 6.04 Å². The first-order valence-electron chi connectivity index (χ1n) is 11.9. The lowest BCUT2D eigenvalue weighted by atomic mass is 9.87. The van der Waals surface area contributed by atoms with Gasteiger partial charge in [-0.1, -0.05) is 68.9 Å². The molecule has 0 bridgehead atoms. The van der Waals surface area contributed by atoms with Gasteiger partial charge in [0.15, 0.2) is 5.17 Å². The molecule has 8 heteroatoms. The average molecular weight is 501 g/mol. The molecule has 0 radical (unpaired) electrons. The quantitative estimate of drug-likeness (QED) is 0.506. The molecule has 5 rings (SSSR count). The fraction of sp³-hybridized carbons (Fsp3) is 0.286. The standard InChI is InChI=1S/C28H28N4O3S/c1-28(2,3)19-12-10-18(11-13-19)17-36-27-31-22-9-5-4-8-21(22)25-30-23(26(34)32(25)27)15-24(33)29-16-20-7-6-14-35-20/h4-14,23H,15-17H2,1-3H3,(H,29,33)/t23-/m1/s1.